The molecule has 184 valence electrons. The Morgan fingerprint density at radius 2 is 1.82 bits per heavy atom. The van der Waals surface area contributed by atoms with Crippen molar-refractivity contribution < 1.29 is 23.5 Å². The minimum atomic E-state index is -0.942. The van der Waals surface area contributed by atoms with Crippen molar-refractivity contribution in [3.05, 3.63) is 59.4 Å². The fraction of sp³-hybridized carbons (Fsp3) is 0.462. The highest BCUT2D eigenvalue weighted by molar-refractivity contribution is 6.27. The van der Waals surface area contributed by atoms with Crippen LogP contribution in [0.2, 0.25) is 0 Å². The van der Waals surface area contributed by atoms with Gasteiger partial charge in [0.25, 0.3) is 0 Å². The quantitative estimate of drug-likeness (QED) is 0.476. The van der Waals surface area contributed by atoms with Gasteiger partial charge < -0.3 is 19.7 Å². The van der Waals surface area contributed by atoms with E-state index in [1.165, 1.54) is 24.1 Å². The second-order valence-corrected chi connectivity index (χ2v) is 8.64. The Morgan fingerprint density at radius 1 is 1.12 bits per heavy atom. The second kappa shape index (κ2) is 12.6. The Labute approximate surface area is 205 Å². The van der Waals surface area contributed by atoms with Crippen LogP contribution in [-0.4, -0.2) is 42.4 Å². The van der Waals surface area contributed by atoms with Crippen LogP contribution in [0.5, 0.6) is 11.5 Å². The topological polar surface area (TPSA) is 67.9 Å². The Hall–Kier alpha value is -2.80. The van der Waals surface area contributed by atoms with E-state index in [1.807, 2.05) is 6.92 Å². The summed E-state index contributed by atoms with van der Waals surface area (Å²) in [4.78, 5) is 28.1. The van der Waals surface area contributed by atoms with Gasteiger partial charge in [0.2, 0.25) is 11.8 Å². The largest absolute Gasteiger partial charge is 0.493 e. The van der Waals surface area contributed by atoms with E-state index in [0.29, 0.717) is 29.2 Å². The van der Waals surface area contributed by atoms with Crippen LogP contribution >= 0.6 is 11.6 Å². The zero-order chi connectivity index (χ0) is 24.5. The standard InChI is InChI=1S/C26H32ClFN2O4/c1-3-34-22-14-11-19(15-23(22)33-2)25(26(32)29-21-7-5-4-6-8-21)30(24(31)16-27)17-18-9-12-20(28)13-10-18/h9-15,21,25H,3-8,16-17H2,1-2H3,(H,29,32)/t25-/m0/s1. The molecule has 0 radical (unpaired) electrons. The summed E-state index contributed by atoms with van der Waals surface area (Å²) in [6.07, 6.45) is 5.10. The van der Waals surface area contributed by atoms with E-state index in [1.54, 1.807) is 30.3 Å². The summed E-state index contributed by atoms with van der Waals surface area (Å²) < 4.78 is 24.6. The van der Waals surface area contributed by atoms with Crippen LogP contribution in [0.25, 0.3) is 0 Å². The van der Waals surface area contributed by atoms with Gasteiger partial charge in [-0.3, -0.25) is 9.59 Å². The number of nitrogens with zero attached hydrogens (tertiary/aromatic N) is 1. The minimum absolute atomic E-state index is 0.0621. The molecule has 1 N–H and O–H groups in total. The van der Waals surface area contributed by atoms with Crippen molar-refractivity contribution in [2.45, 2.75) is 57.7 Å². The lowest BCUT2D eigenvalue weighted by Crippen LogP contribution is -2.47. The molecule has 3 rings (SSSR count). The van der Waals surface area contributed by atoms with E-state index in [0.717, 1.165) is 32.1 Å². The van der Waals surface area contributed by atoms with Crippen molar-refractivity contribution >= 4 is 23.4 Å². The average molecular weight is 491 g/mol. The SMILES string of the molecule is CCOc1ccc([C@@H](C(=O)NC2CCCCC2)N(Cc2ccc(F)cc2)C(=O)CCl)cc1OC. The van der Waals surface area contributed by atoms with Crippen molar-refractivity contribution in [1.82, 2.24) is 10.2 Å². The van der Waals surface area contributed by atoms with Crippen LogP contribution in [0.1, 0.15) is 56.2 Å². The number of amides is 2. The van der Waals surface area contributed by atoms with E-state index < -0.39 is 11.9 Å². The molecular weight excluding hydrogens is 459 g/mol. The van der Waals surface area contributed by atoms with E-state index in [4.69, 9.17) is 21.1 Å². The minimum Gasteiger partial charge on any atom is -0.493 e. The molecule has 2 aromatic rings. The van der Waals surface area contributed by atoms with Crippen molar-refractivity contribution in [3.8, 4) is 11.5 Å². The zero-order valence-electron chi connectivity index (χ0n) is 19.7. The Kier molecular flexibility index (Phi) is 9.57. The van der Waals surface area contributed by atoms with Crippen LogP contribution in [0.4, 0.5) is 4.39 Å². The Balaban J connectivity index is 2.00. The molecule has 1 fully saturated rings. The molecule has 1 aliphatic rings. The summed E-state index contributed by atoms with van der Waals surface area (Å²) in [6, 6.07) is 10.2. The molecule has 34 heavy (non-hydrogen) atoms. The maximum Gasteiger partial charge on any atom is 0.247 e. The first-order chi connectivity index (χ1) is 16.5. The predicted molar refractivity (Wildman–Crippen MR) is 130 cm³/mol. The highest BCUT2D eigenvalue weighted by atomic mass is 35.5. The van der Waals surface area contributed by atoms with Crippen molar-refractivity contribution in [2.75, 3.05) is 19.6 Å². The number of rotatable bonds is 10. The molecule has 0 unspecified atom stereocenters. The number of carbonyl (C=O) groups is 2. The van der Waals surface area contributed by atoms with Gasteiger partial charge in [-0.1, -0.05) is 37.5 Å². The van der Waals surface area contributed by atoms with Gasteiger partial charge in [0.1, 0.15) is 17.7 Å². The summed E-state index contributed by atoms with van der Waals surface area (Å²) >= 11 is 5.96. The summed E-state index contributed by atoms with van der Waals surface area (Å²) in [6.45, 7) is 2.43. The fourth-order valence-electron chi connectivity index (χ4n) is 4.32. The molecule has 0 aliphatic heterocycles. The summed E-state index contributed by atoms with van der Waals surface area (Å²) in [5.74, 6) is -0.324. The molecule has 8 heteroatoms. The first-order valence-electron chi connectivity index (χ1n) is 11.7. The third-order valence-corrected chi connectivity index (χ3v) is 6.24. The van der Waals surface area contributed by atoms with Crippen LogP contribution < -0.4 is 14.8 Å². The van der Waals surface area contributed by atoms with Gasteiger partial charge in [-0.2, -0.15) is 0 Å². The van der Waals surface area contributed by atoms with Crippen LogP contribution in [0.3, 0.4) is 0 Å². The number of benzene rings is 2. The van der Waals surface area contributed by atoms with E-state index in [9.17, 15) is 14.0 Å². The Morgan fingerprint density at radius 3 is 2.44 bits per heavy atom. The number of methoxy groups -OCH3 is 1. The van der Waals surface area contributed by atoms with Gasteiger partial charge in [0, 0.05) is 12.6 Å². The fourth-order valence-corrected chi connectivity index (χ4v) is 4.47. The van der Waals surface area contributed by atoms with Gasteiger partial charge in [0.05, 0.1) is 13.7 Å². The van der Waals surface area contributed by atoms with Crippen LogP contribution in [0.15, 0.2) is 42.5 Å². The first-order valence-corrected chi connectivity index (χ1v) is 12.2. The van der Waals surface area contributed by atoms with E-state index >= 15 is 0 Å². The van der Waals surface area contributed by atoms with Crippen molar-refractivity contribution in [2.24, 2.45) is 0 Å². The molecule has 1 saturated carbocycles. The number of carbonyl (C=O) groups excluding carboxylic acids is 2. The highest BCUT2D eigenvalue weighted by Crippen LogP contribution is 2.34. The molecule has 0 heterocycles. The molecule has 0 aromatic heterocycles. The van der Waals surface area contributed by atoms with Gasteiger partial charge in [-0.25, -0.2) is 4.39 Å². The normalized spacial score (nSPS) is 14.8. The lowest BCUT2D eigenvalue weighted by atomic mass is 9.94. The van der Waals surface area contributed by atoms with Gasteiger partial charge >= 0.3 is 0 Å². The maximum atomic E-state index is 13.6. The smallest absolute Gasteiger partial charge is 0.247 e. The monoisotopic (exact) mass is 490 g/mol. The molecular formula is C26H32ClFN2O4. The third-order valence-electron chi connectivity index (χ3n) is 6.02. The van der Waals surface area contributed by atoms with Crippen molar-refractivity contribution in [1.29, 1.82) is 0 Å². The molecule has 0 spiro atoms. The second-order valence-electron chi connectivity index (χ2n) is 8.37. The zero-order valence-corrected chi connectivity index (χ0v) is 20.4. The molecule has 1 atom stereocenters. The molecule has 1 aliphatic carbocycles. The van der Waals surface area contributed by atoms with Gasteiger partial charge in [-0.05, 0) is 55.2 Å². The van der Waals surface area contributed by atoms with Crippen molar-refractivity contribution in [3.63, 3.8) is 0 Å². The Bertz CT molecular complexity index is 964. The lowest BCUT2D eigenvalue weighted by molar-refractivity contribution is -0.140. The van der Waals surface area contributed by atoms with Crippen LogP contribution in [0, 0.1) is 5.82 Å². The summed E-state index contributed by atoms with van der Waals surface area (Å²) in [5.41, 5.74) is 1.27. The number of alkyl halides is 1. The van der Waals surface area contributed by atoms with Gasteiger partial charge in [0.15, 0.2) is 11.5 Å². The average Bonchev–Trinajstić information content (AvgIpc) is 2.85. The molecule has 0 saturated heterocycles. The summed E-state index contributed by atoms with van der Waals surface area (Å²) in [7, 11) is 1.53. The number of nitrogens with one attached hydrogen (secondary N) is 1. The number of hydrogen-bond acceptors (Lipinski definition) is 4. The maximum absolute atomic E-state index is 13.6. The molecule has 6 nitrogen and oxygen atoms in total. The highest BCUT2D eigenvalue weighted by Gasteiger charge is 2.33. The molecule has 2 aromatic carbocycles. The first kappa shape index (κ1) is 25.8. The van der Waals surface area contributed by atoms with Crippen LogP contribution in [-0.2, 0) is 16.1 Å². The predicted octanol–water partition coefficient (Wildman–Crippen LogP) is 4.99. The number of hydrogen-bond donors (Lipinski definition) is 1. The molecule has 2 amide bonds. The summed E-state index contributed by atoms with van der Waals surface area (Å²) in [5, 5.41) is 3.14. The third kappa shape index (κ3) is 6.63. The number of halogens is 2. The molecule has 0 bridgehead atoms. The van der Waals surface area contributed by atoms with E-state index in [-0.39, 0.29) is 30.2 Å². The van der Waals surface area contributed by atoms with Gasteiger partial charge in [-0.15, -0.1) is 11.6 Å². The number of ether oxygens (including phenoxy) is 2. The van der Waals surface area contributed by atoms with E-state index in [2.05, 4.69) is 5.32 Å². The lowest BCUT2D eigenvalue weighted by Gasteiger charge is -2.33.